The molecule has 0 heterocycles. The molecule has 5 heteroatoms. The molecule has 0 atom stereocenters. The van der Waals surface area contributed by atoms with Gasteiger partial charge in [0.15, 0.2) is 0 Å². The Morgan fingerprint density at radius 3 is 2.56 bits per heavy atom. The van der Waals surface area contributed by atoms with Crippen LogP contribution in [0.1, 0.15) is 28.8 Å². The van der Waals surface area contributed by atoms with Crippen molar-refractivity contribution < 1.29 is 14.7 Å². The summed E-state index contributed by atoms with van der Waals surface area (Å²) in [7, 11) is 1.65. The molecular formula is C13H16ClNO3. The minimum absolute atomic E-state index is 0.0617. The van der Waals surface area contributed by atoms with Crippen LogP contribution in [0.3, 0.4) is 0 Å². The van der Waals surface area contributed by atoms with Gasteiger partial charge in [-0.15, -0.1) is 0 Å². The molecule has 0 spiro atoms. The van der Waals surface area contributed by atoms with Gasteiger partial charge in [0.1, 0.15) is 0 Å². The van der Waals surface area contributed by atoms with Crippen LogP contribution in [-0.4, -0.2) is 35.5 Å². The summed E-state index contributed by atoms with van der Waals surface area (Å²) in [5.41, 5.74) is 1.45. The first-order valence-corrected chi connectivity index (χ1v) is 6.02. The number of carboxylic acids is 1. The second-order valence-electron chi connectivity index (χ2n) is 4.24. The third-order valence-corrected chi connectivity index (χ3v) is 2.74. The van der Waals surface area contributed by atoms with E-state index in [1.807, 2.05) is 6.92 Å². The van der Waals surface area contributed by atoms with Crippen molar-refractivity contribution in [2.45, 2.75) is 19.8 Å². The number of carbonyl (C=O) groups excluding carboxylic acids is 1. The number of aryl methyl sites for hydroxylation is 1. The van der Waals surface area contributed by atoms with Crippen LogP contribution in [0, 0.1) is 6.92 Å². The fourth-order valence-corrected chi connectivity index (χ4v) is 1.94. The predicted molar refractivity (Wildman–Crippen MR) is 70.0 cm³/mol. The predicted octanol–water partition coefficient (Wildman–Crippen LogP) is 2.59. The second kappa shape index (κ2) is 6.40. The number of rotatable bonds is 5. The van der Waals surface area contributed by atoms with E-state index in [9.17, 15) is 9.59 Å². The highest BCUT2D eigenvalue weighted by Gasteiger charge is 2.12. The summed E-state index contributed by atoms with van der Waals surface area (Å²) < 4.78 is 0. The molecule has 1 aromatic rings. The smallest absolute Gasteiger partial charge is 0.303 e. The van der Waals surface area contributed by atoms with Crippen LogP contribution < -0.4 is 0 Å². The first-order chi connectivity index (χ1) is 8.40. The average Bonchev–Trinajstić information content (AvgIpc) is 2.26. The maximum atomic E-state index is 12.0. The Labute approximate surface area is 111 Å². The molecule has 1 aromatic carbocycles. The van der Waals surface area contributed by atoms with Crippen molar-refractivity contribution in [3.8, 4) is 0 Å². The number of aliphatic carboxylic acids is 1. The topological polar surface area (TPSA) is 57.6 Å². The Kier molecular flexibility index (Phi) is 5.16. The van der Waals surface area contributed by atoms with Crippen molar-refractivity contribution in [1.29, 1.82) is 0 Å². The van der Waals surface area contributed by atoms with E-state index < -0.39 is 5.97 Å². The molecule has 0 bridgehead atoms. The molecule has 1 N–H and O–H groups in total. The Morgan fingerprint density at radius 1 is 1.33 bits per heavy atom. The number of halogens is 1. The van der Waals surface area contributed by atoms with Gasteiger partial charge in [0.05, 0.1) is 0 Å². The van der Waals surface area contributed by atoms with Crippen molar-refractivity contribution >= 4 is 23.5 Å². The summed E-state index contributed by atoms with van der Waals surface area (Å²) in [5, 5.41) is 9.06. The van der Waals surface area contributed by atoms with Crippen LogP contribution in [-0.2, 0) is 4.79 Å². The van der Waals surface area contributed by atoms with Crippen molar-refractivity contribution in [2.75, 3.05) is 13.6 Å². The highest BCUT2D eigenvalue weighted by molar-refractivity contribution is 6.31. The van der Waals surface area contributed by atoms with Gasteiger partial charge in [-0.1, -0.05) is 11.6 Å². The SMILES string of the molecule is Cc1cc(Cl)cc(C(=O)N(C)CCCC(=O)O)c1. The summed E-state index contributed by atoms with van der Waals surface area (Å²) >= 11 is 5.90. The summed E-state index contributed by atoms with van der Waals surface area (Å²) in [6.45, 7) is 2.28. The zero-order valence-electron chi connectivity index (χ0n) is 10.4. The molecular weight excluding hydrogens is 254 g/mol. The molecule has 1 amide bonds. The molecule has 1 rings (SSSR count). The molecule has 0 radical (unpaired) electrons. The molecule has 0 aliphatic carbocycles. The van der Waals surface area contributed by atoms with Gasteiger partial charge < -0.3 is 10.0 Å². The molecule has 0 saturated heterocycles. The van der Waals surface area contributed by atoms with Crippen molar-refractivity contribution in [2.24, 2.45) is 0 Å². The molecule has 98 valence electrons. The maximum absolute atomic E-state index is 12.0. The summed E-state index contributed by atoms with van der Waals surface area (Å²) in [6, 6.07) is 5.16. The Bertz CT molecular complexity index is 439. The fourth-order valence-electron chi connectivity index (χ4n) is 1.65. The first kappa shape index (κ1) is 14.5. The van der Waals surface area contributed by atoms with E-state index in [4.69, 9.17) is 16.7 Å². The third-order valence-electron chi connectivity index (χ3n) is 2.52. The van der Waals surface area contributed by atoms with Crippen LogP contribution in [0.15, 0.2) is 18.2 Å². The number of hydrogen-bond donors (Lipinski definition) is 1. The van der Waals surface area contributed by atoms with Gasteiger partial charge in [-0.2, -0.15) is 0 Å². The standard InChI is InChI=1S/C13H16ClNO3/c1-9-6-10(8-11(14)7-9)13(18)15(2)5-3-4-12(16)17/h6-8H,3-5H2,1-2H3,(H,16,17). The van der Waals surface area contributed by atoms with Crippen LogP contribution in [0.25, 0.3) is 0 Å². The Balaban J connectivity index is 2.65. The number of nitrogens with zero attached hydrogens (tertiary/aromatic N) is 1. The number of carboxylic acid groups (broad SMARTS) is 1. The van der Waals surface area contributed by atoms with E-state index in [2.05, 4.69) is 0 Å². The van der Waals surface area contributed by atoms with E-state index in [-0.39, 0.29) is 12.3 Å². The fraction of sp³-hybridized carbons (Fsp3) is 0.385. The quantitative estimate of drug-likeness (QED) is 0.894. The van der Waals surface area contributed by atoms with E-state index >= 15 is 0 Å². The van der Waals surface area contributed by atoms with Gasteiger partial charge in [-0.3, -0.25) is 9.59 Å². The van der Waals surface area contributed by atoms with Crippen molar-refractivity contribution in [3.05, 3.63) is 34.3 Å². The van der Waals surface area contributed by atoms with Gasteiger partial charge >= 0.3 is 5.97 Å². The molecule has 0 aliphatic heterocycles. The summed E-state index contributed by atoms with van der Waals surface area (Å²) in [6.07, 6.45) is 0.503. The molecule has 4 nitrogen and oxygen atoms in total. The number of hydrogen-bond acceptors (Lipinski definition) is 2. The maximum Gasteiger partial charge on any atom is 0.303 e. The van der Waals surface area contributed by atoms with Crippen LogP contribution in [0.4, 0.5) is 0 Å². The van der Waals surface area contributed by atoms with E-state index in [0.717, 1.165) is 5.56 Å². The highest BCUT2D eigenvalue weighted by atomic mass is 35.5. The number of benzene rings is 1. The monoisotopic (exact) mass is 269 g/mol. The lowest BCUT2D eigenvalue weighted by Gasteiger charge is -2.17. The zero-order chi connectivity index (χ0) is 13.7. The van der Waals surface area contributed by atoms with E-state index in [1.54, 1.807) is 25.2 Å². The summed E-state index contributed by atoms with van der Waals surface area (Å²) in [4.78, 5) is 23.9. The van der Waals surface area contributed by atoms with E-state index in [1.165, 1.54) is 4.90 Å². The zero-order valence-corrected chi connectivity index (χ0v) is 11.2. The average molecular weight is 270 g/mol. The van der Waals surface area contributed by atoms with Crippen LogP contribution in [0.2, 0.25) is 5.02 Å². The normalized spacial score (nSPS) is 10.2. The van der Waals surface area contributed by atoms with Crippen LogP contribution in [0.5, 0.6) is 0 Å². The number of amides is 1. The second-order valence-corrected chi connectivity index (χ2v) is 4.68. The highest BCUT2D eigenvalue weighted by Crippen LogP contribution is 2.16. The van der Waals surface area contributed by atoms with Gasteiger partial charge in [-0.25, -0.2) is 0 Å². The molecule has 0 aromatic heterocycles. The minimum atomic E-state index is -0.852. The van der Waals surface area contributed by atoms with Gasteiger partial charge in [0.2, 0.25) is 0 Å². The van der Waals surface area contributed by atoms with Crippen molar-refractivity contribution in [3.63, 3.8) is 0 Å². The molecule has 0 saturated carbocycles. The first-order valence-electron chi connectivity index (χ1n) is 5.64. The molecule has 0 unspecified atom stereocenters. The molecule has 0 aliphatic rings. The third kappa shape index (κ3) is 4.37. The summed E-state index contributed by atoms with van der Waals surface area (Å²) in [5.74, 6) is -1.000. The van der Waals surface area contributed by atoms with Gasteiger partial charge in [0.25, 0.3) is 5.91 Å². The Morgan fingerprint density at radius 2 is 2.00 bits per heavy atom. The minimum Gasteiger partial charge on any atom is -0.481 e. The van der Waals surface area contributed by atoms with Crippen LogP contribution >= 0.6 is 11.6 Å². The molecule has 0 fully saturated rings. The van der Waals surface area contributed by atoms with Gasteiger partial charge in [0, 0.05) is 30.6 Å². The lowest BCUT2D eigenvalue weighted by Crippen LogP contribution is -2.28. The lowest BCUT2D eigenvalue weighted by atomic mass is 10.1. The van der Waals surface area contributed by atoms with Gasteiger partial charge in [-0.05, 0) is 37.1 Å². The van der Waals surface area contributed by atoms with Crippen molar-refractivity contribution in [1.82, 2.24) is 4.90 Å². The Hall–Kier alpha value is -1.55. The number of carbonyl (C=O) groups is 2. The lowest BCUT2D eigenvalue weighted by molar-refractivity contribution is -0.137. The molecule has 18 heavy (non-hydrogen) atoms. The van der Waals surface area contributed by atoms with E-state index in [0.29, 0.717) is 23.6 Å². The largest absolute Gasteiger partial charge is 0.481 e.